The fraction of sp³-hybridized carbons (Fsp3) is 0.375. The monoisotopic (exact) mass is 568 g/mol. The van der Waals surface area contributed by atoms with Crippen LogP contribution in [0.2, 0.25) is 0 Å². The molecule has 9 heteroatoms. The number of likely N-dealkylation sites (tertiary alicyclic amines) is 1. The summed E-state index contributed by atoms with van der Waals surface area (Å²) in [6, 6.07) is 18.2. The Hall–Kier alpha value is -4.01. The van der Waals surface area contributed by atoms with Crippen molar-refractivity contribution in [2.24, 2.45) is 5.41 Å². The van der Waals surface area contributed by atoms with E-state index < -0.39 is 18.0 Å². The summed E-state index contributed by atoms with van der Waals surface area (Å²) in [6.45, 7) is 9.01. The van der Waals surface area contributed by atoms with Gasteiger partial charge < -0.3 is 19.7 Å². The Morgan fingerprint density at radius 3 is 2.24 bits per heavy atom. The number of ether oxygens (including phenoxy) is 2. The van der Waals surface area contributed by atoms with E-state index in [4.69, 9.17) is 4.74 Å². The first-order chi connectivity index (χ1) is 19.3. The van der Waals surface area contributed by atoms with Crippen molar-refractivity contribution < 1.29 is 32.2 Å². The Morgan fingerprint density at radius 2 is 1.61 bits per heavy atom. The minimum absolute atomic E-state index is 0.0501. The minimum atomic E-state index is -4.89. The molecular weight excluding hydrogens is 533 g/mol. The standard InChI is InChI=1S/C32H35F3N2O4/c1-21-17-26(41-32(33,34)35)19-27(29(21)22-9-6-5-7-10-22)30(39)36-23-11-8-12-25(18-23)40-24-13-15-37(16-14-24)28(38)20-31(2,3)4/h5-12,17-19,24H,13-16,20H2,1-4H3,(H,36,39). The highest BCUT2D eigenvalue weighted by molar-refractivity contribution is 6.09. The molecule has 1 aliphatic heterocycles. The van der Waals surface area contributed by atoms with Crippen molar-refractivity contribution >= 4 is 17.5 Å². The van der Waals surface area contributed by atoms with Crippen molar-refractivity contribution in [2.45, 2.75) is 59.4 Å². The molecule has 1 fully saturated rings. The summed E-state index contributed by atoms with van der Waals surface area (Å²) in [5.41, 5.74) is 2.09. The predicted octanol–water partition coefficient (Wildman–Crippen LogP) is 7.62. The lowest BCUT2D eigenvalue weighted by atomic mass is 9.91. The van der Waals surface area contributed by atoms with Gasteiger partial charge in [0.1, 0.15) is 17.6 Å². The highest BCUT2D eigenvalue weighted by atomic mass is 19.4. The van der Waals surface area contributed by atoms with Crippen molar-refractivity contribution in [2.75, 3.05) is 18.4 Å². The van der Waals surface area contributed by atoms with E-state index in [9.17, 15) is 22.8 Å². The minimum Gasteiger partial charge on any atom is -0.490 e. The molecule has 41 heavy (non-hydrogen) atoms. The number of halogens is 3. The molecule has 4 rings (SSSR count). The summed E-state index contributed by atoms with van der Waals surface area (Å²) in [7, 11) is 0. The first-order valence-corrected chi connectivity index (χ1v) is 13.6. The van der Waals surface area contributed by atoms with Crippen LogP contribution >= 0.6 is 0 Å². The first kappa shape index (κ1) is 30.0. The molecule has 2 amide bonds. The maximum absolute atomic E-state index is 13.5. The van der Waals surface area contributed by atoms with Crippen LogP contribution in [0.4, 0.5) is 18.9 Å². The van der Waals surface area contributed by atoms with E-state index in [1.54, 1.807) is 55.5 Å². The van der Waals surface area contributed by atoms with E-state index in [2.05, 4.69) is 10.1 Å². The number of anilines is 1. The SMILES string of the molecule is Cc1cc(OC(F)(F)F)cc(C(=O)Nc2cccc(OC3CCN(C(=O)CC(C)(C)C)CC3)c2)c1-c1ccccc1. The molecule has 0 unspecified atom stereocenters. The molecule has 0 bridgehead atoms. The lowest BCUT2D eigenvalue weighted by Gasteiger charge is -2.33. The number of benzene rings is 3. The van der Waals surface area contributed by atoms with Crippen LogP contribution in [0.15, 0.2) is 66.7 Å². The summed E-state index contributed by atoms with van der Waals surface area (Å²) in [5, 5.41) is 2.80. The topological polar surface area (TPSA) is 67.9 Å². The van der Waals surface area contributed by atoms with E-state index in [1.165, 1.54) is 6.07 Å². The Labute approximate surface area is 238 Å². The molecule has 1 saturated heterocycles. The van der Waals surface area contributed by atoms with Crippen molar-refractivity contribution in [3.05, 3.63) is 77.9 Å². The molecule has 0 aromatic heterocycles. The molecule has 3 aromatic rings. The van der Waals surface area contributed by atoms with Crippen LogP contribution < -0.4 is 14.8 Å². The fourth-order valence-electron chi connectivity index (χ4n) is 4.94. The van der Waals surface area contributed by atoms with E-state index in [0.717, 1.165) is 6.07 Å². The molecule has 3 aromatic carbocycles. The predicted molar refractivity (Wildman–Crippen MR) is 152 cm³/mol. The molecule has 0 spiro atoms. The summed E-state index contributed by atoms with van der Waals surface area (Å²) in [6.07, 6.45) is -3.09. The van der Waals surface area contributed by atoms with Crippen LogP contribution in [0.5, 0.6) is 11.5 Å². The van der Waals surface area contributed by atoms with E-state index in [1.807, 2.05) is 31.7 Å². The summed E-state index contributed by atoms with van der Waals surface area (Å²) in [5.74, 6) is -0.349. The molecule has 1 aliphatic rings. The summed E-state index contributed by atoms with van der Waals surface area (Å²) < 4.78 is 49.3. The molecule has 0 saturated carbocycles. The third-order valence-corrected chi connectivity index (χ3v) is 6.72. The van der Waals surface area contributed by atoms with Crippen LogP contribution in [0.3, 0.4) is 0 Å². The zero-order chi connectivity index (χ0) is 29.8. The van der Waals surface area contributed by atoms with E-state index in [-0.39, 0.29) is 23.0 Å². The Balaban J connectivity index is 1.48. The second kappa shape index (κ2) is 12.2. The van der Waals surface area contributed by atoms with Gasteiger partial charge in [-0.3, -0.25) is 9.59 Å². The second-order valence-corrected chi connectivity index (χ2v) is 11.5. The van der Waals surface area contributed by atoms with Gasteiger partial charge in [0.25, 0.3) is 5.91 Å². The number of nitrogens with one attached hydrogen (secondary N) is 1. The van der Waals surface area contributed by atoms with Crippen LogP contribution in [-0.2, 0) is 4.79 Å². The van der Waals surface area contributed by atoms with Crippen molar-refractivity contribution in [3.8, 4) is 22.6 Å². The van der Waals surface area contributed by atoms with Crippen LogP contribution in [0.1, 0.15) is 56.0 Å². The molecule has 1 N–H and O–H groups in total. The van der Waals surface area contributed by atoms with E-state index in [0.29, 0.717) is 60.5 Å². The zero-order valence-electron chi connectivity index (χ0n) is 23.7. The Kier molecular flexibility index (Phi) is 8.95. The average molecular weight is 569 g/mol. The number of carbonyl (C=O) groups excluding carboxylic acids is 2. The van der Waals surface area contributed by atoms with Gasteiger partial charge in [-0.25, -0.2) is 0 Å². The summed E-state index contributed by atoms with van der Waals surface area (Å²) >= 11 is 0. The molecule has 6 nitrogen and oxygen atoms in total. The molecule has 0 radical (unpaired) electrons. The lowest BCUT2D eigenvalue weighted by molar-refractivity contribution is -0.274. The van der Waals surface area contributed by atoms with Crippen molar-refractivity contribution in [3.63, 3.8) is 0 Å². The normalized spacial score (nSPS) is 14.5. The molecule has 0 aliphatic carbocycles. The molecule has 218 valence electrons. The third kappa shape index (κ3) is 8.49. The van der Waals surface area contributed by atoms with Gasteiger partial charge in [-0.15, -0.1) is 13.2 Å². The number of nitrogens with zero attached hydrogens (tertiary/aromatic N) is 1. The van der Waals surface area contributed by atoms with E-state index >= 15 is 0 Å². The fourth-order valence-corrected chi connectivity index (χ4v) is 4.94. The number of hydrogen-bond donors (Lipinski definition) is 1. The van der Waals surface area contributed by atoms with Gasteiger partial charge in [0, 0.05) is 44.1 Å². The third-order valence-electron chi connectivity index (χ3n) is 6.72. The van der Waals surface area contributed by atoms with Crippen LogP contribution in [-0.4, -0.2) is 42.3 Å². The largest absolute Gasteiger partial charge is 0.573 e. The zero-order valence-corrected chi connectivity index (χ0v) is 23.7. The highest BCUT2D eigenvalue weighted by Gasteiger charge is 2.32. The van der Waals surface area contributed by atoms with Crippen LogP contribution in [0, 0.1) is 12.3 Å². The van der Waals surface area contributed by atoms with Gasteiger partial charge in [-0.05, 0) is 53.3 Å². The Morgan fingerprint density at radius 1 is 0.927 bits per heavy atom. The van der Waals surface area contributed by atoms with Gasteiger partial charge in [0.05, 0.1) is 5.56 Å². The van der Waals surface area contributed by atoms with Gasteiger partial charge in [-0.1, -0.05) is 57.2 Å². The number of alkyl halides is 3. The smallest absolute Gasteiger partial charge is 0.490 e. The maximum atomic E-state index is 13.5. The number of aryl methyl sites for hydroxylation is 1. The lowest BCUT2D eigenvalue weighted by Crippen LogP contribution is -2.42. The molecule has 1 heterocycles. The van der Waals surface area contributed by atoms with Gasteiger partial charge in [0.15, 0.2) is 0 Å². The molecule has 0 atom stereocenters. The molecular formula is C32H35F3N2O4. The number of hydrogen-bond acceptors (Lipinski definition) is 4. The average Bonchev–Trinajstić information content (AvgIpc) is 2.87. The van der Waals surface area contributed by atoms with Gasteiger partial charge >= 0.3 is 6.36 Å². The van der Waals surface area contributed by atoms with Gasteiger partial charge in [-0.2, -0.15) is 0 Å². The number of amides is 2. The quantitative estimate of drug-likeness (QED) is 0.318. The Bertz CT molecular complexity index is 1380. The van der Waals surface area contributed by atoms with Crippen LogP contribution in [0.25, 0.3) is 11.1 Å². The number of carbonyl (C=O) groups is 2. The van der Waals surface area contributed by atoms with Gasteiger partial charge in [0.2, 0.25) is 5.91 Å². The first-order valence-electron chi connectivity index (χ1n) is 13.6. The maximum Gasteiger partial charge on any atom is 0.573 e. The second-order valence-electron chi connectivity index (χ2n) is 11.5. The summed E-state index contributed by atoms with van der Waals surface area (Å²) in [4.78, 5) is 27.9. The van der Waals surface area contributed by atoms with Crippen molar-refractivity contribution in [1.82, 2.24) is 4.90 Å². The van der Waals surface area contributed by atoms with Crippen molar-refractivity contribution in [1.29, 1.82) is 0 Å². The number of rotatable bonds is 7. The number of piperidine rings is 1. The highest BCUT2D eigenvalue weighted by Crippen LogP contribution is 2.34.